The van der Waals surface area contributed by atoms with Crippen LogP contribution in [0.4, 0.5) is 0 Å². The van der Waals surface area contributed by atoms with Crippen molar-refractivity contribution in [1.29, 1.82) is 0 Å². The van der Waals surface area contributed by atoms with Crippen LogP contribution in [0.25, 0.3) is 11.6 Å². The summed E-state index contributed by atoms with van der Waals surface area (Å²) in [6.07, 6.45) is 5.01. The number of carbonyl (C=O) groups excluding carboxylic acids is 1. The summed E-state index contributed by atoms with van der Waals surface area (Å²) < 4.78 is 7.40. The lowest BCUT2D eigenvalue weighted by Gasteiger charge is -2.39. The second-order valence-corrected chi connectivity index (χ2v) is 7.19. The molecule has 2 aromatic heterocycles. The molecule has 2 atom stereocenters. The molecule has 0 unspecified atom stereocenters. The highest BCUT2D eigenvalue weighted by Gasteiger charge is 2.29. The normalized spacial score (nSPS) is 21.2. The SMILES string of the molecule is CCn1c(SCC(=O)N2[C@H](C)CCC[C@@H]2C)nnc1-c1ccco1. The molecule has 1 aliphatic heterocycles. The van der Waals surface area contributed by atoms with E-state index in [0.29, 0.717) is 29.4 Å². The highest BCUT2D eigenvalue weighted by atomic mass is 32.2. The van der Waals surface area contributed by atoms with Crippen molar-refractivity contribution in [3.63, 3.8) is 0 Å². The Balaban J connectivity index is 1.69. The third-order valence-corrected chi connectivity index (χ3v) is 5.53. The van der Waals surface area contributed by atoms with Crippen LogP contribution in [0, 0.1) is 0 Å². The molecular weight excluding hydrogens is 324 g/mol. The Labute approximate surface area is 146 Å². The molecule has 24 heavy (non-hydrogen) atoms. The van der Waals surface area contributed by atoms with Crippen LogP contribution in [-0.2, 0) is 11.3 Å². The number of nitrogens with zero attached hydrogens (tertiary/aromatic N) is 4. The molecule has 0 aromatic carbocycles. The molecule has 130 valence electrons. The van der Waals surface area contributed by atoms with Crippen molar-refractivity contribution in [1.82, 2.24) is 19.7 Å². The highest BCUT2D eigenvalue weighted by Crippen LogP contribution is 2.27. The van der Waals surface area contributed by atoms with Gasteiger partial charge in [0.25, 0.3) is 0 Å². The van der Waals surface area contributed by atoms with E-state index in [2.05, 4.69) is 24.0 Å². The summed E-state index contributed by atoms with van der Waals surface area (Å²) in [7, 11) is 0. The van der Waals surface area contributed by atoms with E-state index in [0.717, 1.165) is 24.5 Å². The molecule has 0 radical (unpaired) electrons. The summed E-state index contributed by atoms with van der Waals surface area (Å²) >= 11 is 1.45. The monoisotopic (exact) mass is 348 g/mol. The lowest BCUT2D eigenvalue weighted by Crippen LogP contribution is -2.48. The van der Waals surface area contributed by atoms with E-state index in [9.17, 15) is 4.79 Å². The maximum Gasteiger partial charge on any atom is 0.233 e. The molecule has 3 rings (SSSR count). The molecule has 1 amide bonds. The zero-order valence-electron chi connectivity index (χ0n) is 14.4. The highest BCUT2D eigenvalue weighted by molar-refractivity contribution is 7.99. The van der Waals surface area contributed by atoms with Crippen molar-refractivity contribution in [2.45, 2.75) is 63.8 Å². The number of thioether (sulfide) groups is 1. The predicted molar refractivity (Wildman–Crippen MR) is 93.7 cm³/mol. The second kappa shape index (κ2) is 7.42. The van der Waals surface area contributed by atoms with Crippen LogP contribution in [0.5, 0.6) is 0 Å². The Kier molecular flexibility index (Phi) is 5.28. The van der Waals surface area contributed by atoms with Crippen molar-refractivity contribution < 1.29 is 9.21 Å². The van der Waals surface area contributed by atoms with Gasteiger partial charge < -0.3 is 9.32 Å². The maximum atomic E-state index is 12.7. The number of hydrogen-bond acceptors (Lipinski definition) is 5. The van der Waals surface area contributed by atoms with E-state index in [4.69, 9.17) is 4.42 Å². The van der Waals surface area contributed by atoms with Gasteiger partial charge in [0.1, 0.15) is 0 Å². The van der Waals surface area contributed by atoms with Crippen molar-refractivity contribution in [2.24, 2.45) is 0 Å². The largest absolute Gasteiger partial charge is 0.461 e. The first-order valence-electron chi connectivity index (χ1n) is 8.52. The van der Waals surface area contributed by atoms with Gasteiger partial charge in [-0.25, -0.2) is 0 Å². The number of aromatic nitrogens is 3. The summed E-state index contributed by atoms with van der Waals surface area (Å²) in [6.45, 7) is 7.05. The molecule has 3 heterocycles. The van der Waals surface area contributed by atoms with Crippen LogP contribution in [0.3, 0.4) is 0 Å². The number of rotatable bonds is 5. The Morgan fingerprint density at radius 1 is 1.33 bits per heavy atom. The van der Waals surface area contributed by atoms with Crippen LogP contribution < -0.4 is 0 Å². The fourth-order valence-electron chi connectivity index (χ4n) is 3.38. The zero-order chi connectivity index (χ0) is 17.1. The molecule has 0 aliphatic carbocycles. The van der Waals surface area contributed by atoms with Gasteiger partial charge in [-0.1, -0.05) is 11.8 Å². The zero-order valence-corrected chi connectivity index (χ0v) is 15.3. The first-order chi connectivity index (χ1) is 11.6. The molecular formula is C17H24N4O2S. The summed E-state index contributed by atoms with van der Waals surface area (Å²) in [5.41, 5.74) is 0. The molecule has 0 bridgehead atoms. The van der Waals surface area contributed by atoms with E-state index in [1.165, 1.54) is 18.2 Å². The summed E-state index contributed by atoms with van der Waals surface area (Å²) in [6, 6.07) is 4.35. The van der Waals surface area contributed by atoms with Gasteiger partial charge in [-0.2, -0.15) is 0 Å². The van der Waals surface area contributed by atoms with Crippen LogP contribution in [0.1, 0.15) is 40.0 Å². The van der Waals surface area contributed by atoms with Gasteiger partial charge in [0.15, 0.2) is 16.7 Å². The lowest BCUT2D eigenvalue weighted by atomic mass is 9.98. The van der Waals surface area contributed by atoms with Crippen molar-refractivity contribution >= 4 is 17.7 Å². The molecule has 0 saturated carbocycles. The third-order valence-electron chi connectivity index (χ3n) is 4.58. The molecule has 6 nitrogen and oxygen atoms in total. The minimum absolute atomic E-state index is 0.185. The lowest BCUT2D eigenvalue weighted by molar-refractivity contribution is -0.134. The average Bonchev–Trinajstić information content (AvgIpc) is 3.21. The van der Waals surface area contributed by atoms with Gasteiger partial charge >= 0.3 is 0 Å². The minimum atomic E-state index is 0.185. The van der Waals surface area contributed by atoms with Crippen LogP contribution in [0.2, 0.25) is 0 Å². The third kappa shape index (κ3) is 3.36. The van der Waals surface area contributed by atoms with E-state index < -0.39 is 0 Å². The first kappa shape index (κ1) is 17.1. The Bertz CT molecular complexity index is 673. The Hall–Kier alpha value is -1.76. The van der Waals surface area contributed by atoms with Crippen molar-refractivity contribution in [3.05, 3.63) is 18.4 Å². The fourth-order valence-corrected chi connectivity index (χ4v) is 4.25. The van der Waals surface area contributed by atoms with Gasteiger partial charge in [0, 0.05) is 18.6 Å². The quantitative estimate of drug-likeness (QED) is 0.775. The van der Waals surface area contributed by atoms with Gasteiger partial charge in [-0.15, -0.1) is 10.2 Å². The van der Waals surface area contributed by atoms with Crippen molar-refractivity contribution in [2.75, 3.05) is 5.75 Å². The molecule has 1 fully saturated rings. The van der Waals surface area contributed by atoms with E-state index in [1.54, 1.807) is 6.26 Å². The number of likely N-dealkylation sites (tertiary alicyclic amines) is 1. The van der Waals surface area contributed by atoms with E-state index in [1.807, 2.05) is 28.5 Å². The molecule has 0 N–H and O–H groups in total. The number of carbonyl (C=O) groups is 1. The number of hydrogen-bond donors (Lipinski definition) is 0. The smallest absolute Gasteiger partial charge is 0.233 e. The van der Waals surface area contributed by atoms with Crippen LogP contribution in [-0.4, -0.2) is 43.4 Å². The molecule has 7 heteroatoms. The summed E-state index contributed by atoms with van der Waals surface area (Å²) in [5, 5.41) is 9.23. The molecule has 0 spiro atoms. The van der Waals surface area contributed by atoms with Crippen LogP contribution in [0.15, 0.2) is 28.0 Å². The topological polar surface area (TPSA) is 64.2 Å². The minimum Gasteiger partial charge on any atom is -0.461 e. The van der Waals surface area contributed by atoms with Crippen molar-refractivity contribution in [3.8, 4) is 11.6 Å². The number of piperidine rings is 1. The standard InChI is InChI=1S/C17H24N4O2S/c1-4-20-16(14-9-6-10-23-14)18-19-17(20)24-11-15(22)21-12(2)7-5-8-13(21)3/h6,9-10,12-13H,4-5,7-8,11H2,1-3H3/t12-,13+. The summed E-state index contributed by atoms with van der Waals surface area (Å²) in [4.78, 5) is 14.7. The number of furan rings is 1. The maximum absolute atomic E-state index is 12.7. The van der Waals surface area contributed by atoms with Gasteiger partial charge in [-0.3, -0.25) is 9.36 Å². The molecule has 1 saturated heterocycles. The predicted octanol–water partition coefficient (Wildman–Crippen LogP) is 3.44. The van der Waals surface area contributed by atoms with Gasteiger partial charge in [0.2, 0.25) is 5.91 Å². The first-order valence-corrected chi connectivity index (χ1v) is 9.51. The van der Waals surface area contributed by atoms with Crippen LogP contribution >= 0.6 is 11.8 Å². The number of amides is 1. The molecule has 2 aromatic rings. The van der Waals surface area contributed by atoms with Gasteiger partial charge in [-0.05, 0) is 52.2 Å². The Morgan fingerprint density at radius 3 is 2.71 bits per heavy atom. The molecule has 1 aliphatic rings. The van der Waals surface area contributed by atoms with Gasteiger partial charge in [0.05, 0.1) is 12.0 Å². The van der Waals surface area contributed by atoms with E-state index >= 15 is 0 Å². The fraction of sp³-hybridized carbons (Fsp3) is 0.588. The average molecular weight is 348 g/mol. The van der Waals surface area contributed by atoms with E-state index in [-0.39, 0.29) is 5.91 Å². The second-order valence-electron chi connectivity index (χ2n) is 6.25. The Morgan fingerprint density at radius 2 is 2.08 bits per heavy atom. The summed E-state index contributed by atoms with van der Waals surface area (Å²) in [5.74, 6) is 1.98.